The molecule has 1 saturated heterocycles. The third kappa shape index (κ3) is 2.94. The highest BCUT2D eigenvalue weighted by Crippen LogP contribution is 2.25. The SMILES string of the molecule is O=C(O)c1csc(CC(=O)N2CCC(c3ncn[nH]3)C2)c1. The lowest BCUT2D eigenvalue weighted by atomic mass is 10.1. The second-order valence-corrected chi connectivity index (χ2v) is 5.98. The van der Waals surface area contributed by atoms with Gasteiger partial charge < -0.3 is 10.0 Å². The normalized spacial score (nSPS) is 18.1. The van der Waals surface area contributed by atoms with Gasteiger partial charge in [0.15, 0.2) is 0 Å². The van der Waals surface area contributed by atoms with Crippen LogP contribution < -0.4 is 0 Å². The first-order chi connectivity index (χ1) is 10.1. The number of likely N-dealkylation sites (tertiary alicyclic amines) is 1. The van der Waals surface area contributed by atoms with Crippen molar-refractivity contribution in [2.24, 2.45) is 0 Å². The molecule has 0 aliphatic carbocycles. The Kier molecular flexibility index (Phi) is 3.70. The molecule has 3 rings (SSSR count). The van der Waals surface area contributed by atoms with Crippen LogP contribution in [0.25, 0.3) is 0 Å². The van der Waals surface area contributed by atoms with Crippen molar-refractivity contribution in [2.75, 3.05) is 13.1 Å². The Morgan fingerprint density at radius 3 is 3.05 bits per heavy atom. The summed E-state index contributed by atoms with van der Waals surface area (Å²) in [4.78, 5) is 29.8. The number of nitrogens with one attached hydrogen (secondary N) is 1. The number of hydrogen-bond acceptors (Lipinski definition) is 5. The molecule has 1 atom stereocenters. The second-order valence-electron chi connectivity index (χ2n) is 4.98. The van der Waals surface area contributed by atoms with Crippen LogP contribution >= 0.6 is 11.3 Å². The molecule has 0 radical (unpaired) electrons. The van der Waals surface area contributed by atoms with Crippen molar-refractivity contribution < 1.29 is 14.7 Å². The van der Waals surface area contributed by atoms with Gasteiger partial charge in [-0.1, -0.05) is 0 Å². The molecule has 2 aromatic heterocycles. The van der Waals surface area contributed by atoms with Gasteiger partial charge in [-0.05, 0) is 12.5 Å². The maximum atomic E-state index is 12.2. The molecule has 0 bridgehead atoms. The lowest BCUT2D eigenvalue weighted by Gasteiger charge is -2.15. The van der Waals surface area contributed by atoms with E-state index in [1.807, 2.05) is 0 Å². The van der Waals surface area contributed by atoms with Crippen LogP contribution in [0.3, 0.4) is 0 Å². The van der Waals surface area contributed by atoms with E-state index in [4.69, 9.17) is 5.11 Å². The average Bonchev–Trinajstić information content (AvgIpc) is 3.19. The first kappa shape index (κ1) is 13.7. The van der Waals surface area contributed by atoms with E-state index in [2.05, 4.69) is 15.2 Å². The zero-order valence-electron chi connectivity index (χ0n) is 11.2. The zero-order valence-corrected chi connectivity index (χ0v) is 12.0. The minimum atomic E-state index is -0.962. The largest absolute Gasteiger partial charge is 0.478 e. The Morgan fingerprint density at radius 2 is 2.38 bits per heavy atom. The fourth-order valence-corrected chi connectivity index (χ4v) is 3.32. The van der Waals surface area contributed by atoms with E-state index in [0.717, 1.165) is 17.1 Å². The number of carboxylic acid groups (broad SMARTS) is 1. The Hall–Kier alpha value is -2.22. The van der Waals surface area contributed by atoms with Gasteiger partial charge in [0.25, 0.3) is 0 Å². The van der Waals surface area contributed by atoms with E-state index in [0.29, 0.717) is 13.1 Å². The standard InChI is InChI=1S/C13H14N4O3S/c18-11(4-10-3-9(6-21-10)13(19)20)17-2-1-8(5-17)12-14-7-15-16-12/h3,6-8H,1-2,4-5H2,(H,19,20)(H,14,15,16). The van der Waals surface area contributed by atoms with Crippen LogP contribution in [0.1, 0.15) is 33.4 Å². The third-order valence-corrected chi connectivity index (χ3v) is 4.52. The zero-order chi connectivity index (χ0) is 14.8. The summed E-state index contributed by atoms with van der Waals surface area (Å²) in [7, 11) is 0. The van der Waals surface area contributed by atoms with Crippen LogP contribution in [-0.2, 0) is 11.2 Å². The number of thiophene rings is 1. The number of rotatable bonds is 4. The van der Waals surface area contributed by atoms with Gasteiger partial charge in [0.2, 0.25) is 5.91 Å². The monoisotopic (exact) mass is 306 g/mol. The summed E-state index contributed by atoms with van der Waals surface area (Å²) < 4.78 is 0. The molecule has 3 heterocycles. The molecule has 8 heteroatoms. The molecule has 1 unspecified atom stereocenters. The lowest BCUT2D eigenvalue weighted by Crippen LogP contribution is -2.29. The Balaban J connectivity index is 1.60. The van der Waals surface area contributed by atoms with Crippen LogP contribution in [0.5, 0.6) is 0 Å². The number of aromatic amines is 1. The summed E-state index contributed by atoms with van der Waals surface area (Å²) in [6, 6.07) is 1.56. The predicted octanol–water partition coefficient (Wildman–Crippen LogP) is 1.12. The predicted molar refractivity (Wildman–Crippen MR) is 75.3 cm³/mol. The van der Waals surface area contributed by atoms with Crippen LogP contribution in [0.2, 0.25) is 0 Å². The molecule has 1 amide bonds. The molecule has 0 saturated carbocycles. The van der Waals surface area contributed by atoms with Crippen LogP contribution in [0.15, 0.2) is 17.8 Å². The van der Waals surface area contributed by atoms with E-state index in [9.17, 15) is 9.59 Å². The molecule has 0 aromatic carbocycles. The molecule has 7 nitrogen and oxygen atoms in total. The highest BCUT2D eigenvalue weighted by molar-refractivity contribution is 7.10. The highest BCUT2D eigenvalue weighted by Gasteiger charge is 2.29. The highest BCUT2D eigenvalue weighted by atomic mass is 32.1. The van der Waals surface area contributed by atoms with Crippen LogP contribution in [0, 0.1) is 0 Å². The van der Waals surface area contributed by atoms with Gasteiger partial charge >= 0.3 is 5.97 Å². The van der Waals surface area contributed by atoms with Crippen molar-refractivity contribution in [3.05, 3.63) is 34.0 Å². The Bertz CT molecular complexity index is 652. The molecule has 2 aromatic rings. The number of hydrogen-bond donors (Lipinski definition) is 2. The fourth-order valence-electron chi connectivity index (χ4n) is 2.47. The molecule has 1 aliphatic heterocycles. The van der Waals surface area contributed by atoms with Crippen molar-refractivity contribution in [1.29, 1.82) is 0 Å². The number of amides is 1. The van der Waals surface area contributed by atoms with Gasteiger partial charge in [-0.25, -0.2) is 9.78 Å². The van der Waals surface area contributed by atoms with Gasteiger partial charge in [-0.3, -0.25) is 9.89 Å². The van der Waals surface area contributed by atoms with Crippen molar-refractivity contribution in [3.63, 3.8) is 0 Å². The lowest BCUT2D eigenvalue weighted by molar-refractivity contribution is -0.129. The van der Waals surface area contributed by atoms with Gasteiger partial charge in [-0.2, -0.15) is 5.10 Å². The van der Waals surface area contributed by atoms with Crippen molar-refractivity contribution in [3.8, 4) is 0 Å². The molecule has 2 N–H and O–H groups in total. The van der Waals surface area contributed by atoms with E-state index in [-0.39, 0.29) is 23.8 Å². The Labute approximate surface area is 124 Å². The first-order valence-electron chi connectivity index (χ1n) is 6.57. The molecule has 1 aliphatic rings. The summed E-state index contributed by atoms with van der Waals surface area (Å²) in [5.41, 5.74) is 0.240. The number of aromatic nitrogens is 3. The Morgan fingerprint density at radius 1 is 1.52 bits per heavy atom. The van der Waals surface area contributed by atoms with E-state index in [1.54, 1.807) is 16.3 Å². The second kappa shape index (κ2) is 5.65. The third-order valence-electron chi connectivity index (χ3n) is 3.59. The molecular formula is C13H14N4O3S. The maximum Gasteiger partial charge on any atom is 0.336 e. The number of H-pyrrole nitrogens is 1. The van der Waals surface area contributed by atoms with Crippen molar-refractivity contribution in [1.82, 2.24) is 20.1 Å². The summed E-state index contributed by atoms with van der Waals surface area (Å²) in [6.07, 6.45) is 2.59. The van der Waals surface area contributed by atoms with E-state index >= 15 is 0 Å². The van der Waals surface area contributed by atoms with E-state index in [1.165, 1.54) is 17.7 Å². The smallest absolute Gasteiger partial charge is 0.336 e. The molecular weight excluding hydrogens is 292 g/mol. The van der Waals surface area contributed by atoms with Gasteiger partial charge in [-0.15, -0.1) is 11.3 Å². The molecule has 110 valence electrons. The van der Waals surface area contributed by atoms with Crippen molar-refractivity contribution in [2.45, 2.75) is 18.8 Å². The molecule has 1 fully saturated rings. The summed E-state index contributed by atoms with van der Waals surface area (Å²) in [6.45, 7) is 1.33. The summed E-state index contributed by atoms with van der Waals surface area (Å²) in [5, 5.41) is 17.1. The van der Waals surface area contributed by atoms with Crippen LogP contribution in [0.4, 0.5) is 0 Å². The van der Waals surface area contributed by atoms with Gasteiger partial charge in [0, 0.05) is 29.3 Å². The molecule has 0 spiro atoms. The average molecular weight is 306 g/mol. The topological polar surface area (TPSA) is 99.2 Å². The number of carbonyl (C=O) groups excluding carboxylic acids is 1. The van der Waals surface area contributed by atoms with Gasteiger partial charge in [0.05, 0.1) is 12.0 Å². The van der Waals surface area contributed by atoms with Crippen LogP contribution in [-0.4, -0.2) is 50.2 Å². The quantitative estimate of drug-likeness (QED) is 0.882. The van der Waals surface area contributed by atoms with E-state index < -0.39 is 5.97 Å². The number of carboxylic acids is 1. The minimum Gasteiger partial charge on any atom is -0.478 e. The van der Waals surface area contributed by atoms with Crippen molar-refractivity contribution >= 4 is 23.2 Å². The number of aromatic carboxylic acids is 1. The first-order valence-corrected chi connectivity index (χ1v) is 7.45. The number of carbonyl (C=O) groups is 2. The summed E-state index contributed by atoms with van der Waals surface area (Å²) >= 11 is 1.31. The minimum absolute atomic E-state index is 0.0239. The summed E-state index contributed by atoms with van der Waals surface area (Å²) in [5.74, 6) is 0.0799. The van der Waals surface area contributed by atoms with Gasteiger partial charge in [0.1, 0.15) is 12.2 Å². The number of nitrogens with zero attached hydrogens (tertiary/aromatic N) is 3. The maximum absolute atomic E-state index is 12.2. The fraction of sp³-hybridized carbons (Fsp3) is 0.385. The molecule has 21 heavy (non-hydrogen) atoms.